The lowest BCUT2D eigenvalue weighted by atomic mass is 9.88. The molecule has 8 heteroatoms. The third-order valence-corrected chi connectivity index (χ3v) is 5.75. The summed E-state index contributed by atoms with van der Waals surface area (Å²) in [4.78, 5) is 35.7. The molecule has 0 heterocycles. The molecule has 33 heavy (non-hydrogen) atoms. The lowest BCUT2D eigenvalue weighted by molar-refractivity contribution is -0.142. The average Bonchev–Trinajstić information content (AvgIpc) is 3.09. The van der Waals surface area contributed by atoms with Gasteiger partial charge in [-0.2, -0.15) is 0 Å². The van der Waals surface area contributed by atoms with E-state index in [4.69, 9.17) is 14.9 Å². The molecule has 0 spiro atoms. The molecule has 176 valence electrons. The molecule has 0 aliphatic heterocycles. The summed E-state index contributed by atoms with van der Waals surface area (Å²) >= 11 is 0. The first-order chi connectivity index (χ1) is 15.7. The number of carbonyl (C=O) groups is 3. The highest BCUT2D eigenvalue weighted by molar-refractivity contribution is 5.84. The van der Waals surface area contributed by atoms with E-state index >= 15 is 0 Å². The van der Waals surface area contributed by atoms with E-state index in [1.807, 2.05) is 36.4 Å². The number of ether oxygens (including phenoxy) is 1. The minimum absolute atomic E-state index is 0.00582. The monoisotopic (exact) mass is 454 g/mol. The number of rotatable bonds is 10. The van der Waals surface area contributed by atoms with E-state index in [2.05, 4.69) is 22.8 Å². The number of hydrogen-bond donors (Lipinski definition) is 4. The summed E-state index contributed by atoms with van der Waals surface area (Å²) in [5, 5.41) is 23.1. The van der Waals surface area contributed by atoms with Gasteiger partial charge in [0.15, 0.2) is 0 Å². The zero-order chi connectivity index (χ0) is 24.0. The van der Waals surface area contributed by atoms with Gasteiger partial charge in [0.1, 0.15) is 12.6 Å². The number of benzene rings is 2. The summed E-state index contributed by atoms with van der Waals surface area (Å²) in [7, 11) is 0. The van der Waals surface area contributed by atoms with Crippen LogP contribution in [0.3, 0.4) is 0 Å². The van der Waals surface area contributed by atoms with E-state index in [1.165, 1.54) is 0 Å². The minimum atomic E-state index is -1.20. The van der Waals surface area contributed by atoms with Crippen molar-refractivity contribution < 1.29 is 29.3 Å². The number of aliphatic hydroxyl groups excluding tert-OH is 1. The Morgan fingerprint density at radius 2 is 1.61 bits per heavy atom. The molecule has 1 aliphatic carbocycles. The van der Waals surface area contributed by atoms with Gasteiger partial charge in [-0.15, -0.1) is 0 Å². The average molecular weight is 455 g/mol. The minimum Gasteiger partial charge on any atom is -0.480 e. The number of hydrogen-bond acceptors (Lipinski definition) is 5. The van der Waals surface area contributed by atoms with E-state index < -0.39 is 29.4 Å². The Hall–Kier alpha value is -3.39. The number of aliphatic carboxylic acids is 1. The highest BCUT2D eigenvalue weighted by Gasteiger charge is 2.30. The molecule has 8 nitrogen and oxygen atoms in total. The van der Waals surface area contributed by atoms with Gasteiger partial charge in [0.05, 0.1) is 0 Å². The van der Waals surface area contributed by atoms with Gasteiger partial charge in [0.2, 0.25) is 5.91 Å². The van der Waals surface area contributed by atoms with E-state index in [9.17, 15) is 14.4 Å². The van der Waals surface area contributed by atoms with Crippen LogP contribution < -0.4 is 10.6 Å². The Kier molecular flexibility index (Phi) is 7.71. The SMILES string of the molecule is CC(C)(CNC(=O)OCC1c2ccccc2-c2ccccc21)CC(=O)N[C@@H](CCO)C(=O)O. The normalized spacial score (nSPS) is 13.5. The summed E-state index contributed by atoms with van der Waals surface area (Å²) < 4.78 is 5.51. The van der Waals surface area contributed by atoms with Crippen LogP contribution in [0.4, 0.5) is 4.79 Å². The smallest absolute Gasteiger partial charge is 0.407 e. The van der Waals surface area contributed by atoms with Crippen molar-refractivity contribution in [2.45, 2.75) is 38.6 Å². The second-order valence-corrected chi connectivity index (χ2v) is 8.99. The molecule has 2 amide bonds. The van der Waals surface area contributed by atoms with E-state index in [1.54, 1.807) is 13.8 Å². The number of carboxylic acid groups (broad SMARTS) is 1. The van der Waals surface area contributed by atoms with Crippen LogP contribution in [-0.2, 0) is 14.3 Å². The predicted molar refractivity (Wildman–Crippen MR) is 123 cm³/mol. The van der Waals surface area contributed by atoms with Gasteiger partial charge in [0.25, 0.3) is 0 Å². The molecule has 3 rings (SSSR count). The maximum Gasteiger partial charge on any atom is 0.407 e. The third-order valence-electron chi connectivity index (χ3n) is 5.75. The zero-order valence-corrected chi connectivity index (χ0v) is 18.8. The molecule has 2 aromatic carbocycles. The number of fused-ring (bicyclic) bond motifs is 3. The molecular formula is C25H30N2O6. The standard InChI is InChI=1S/C25H30N2O6/c1-25(2,13-22(29)27-21(11-12-28)23(30)31)15-26-24(32)33-14-20-18-9-5-3-7-16(18)17-8-4-6-10-19(17)20/h3-10,20-21,28H,11-15H2,1-2H3,(H,26,32)(H,27,29)(H,30,31)/t21-/m0/s1. The van der Waals surface area contributed by atoms with Crippen LogP contribution in [0, 0.1) is 5.41 Å². The molecule has 0 bridgehead atoms. The van der Waals surface area contributed by atoms with Gasteiger partial charge in [-0.3, -0.25) is 4.79 Å². The Morgan fingerprint density at radius 3 is 2.15 bits per heavy atom. The first-order valence-corrected chi connectivity index (χ1v) is 10.9. The van der Waals surface area contributed by atoms with Gasteiger partial charge in [0, 0.05) is 31.9 Å². The first-order valence-electron chi connectivity index (χ1n) is 10.9. The second kappa shape index (κ2) is 10.5. The predicted octanol–water partition coefficient (Wildman–Crippen LogP) is 2.89. The fourth-order valence-corrected chi connectivity index (χ4v) is 4.09. The Balaban J connectivity index is 1.51. The summed E-state index contributed by atoms with van der Waals surface area (Å²) in [5.74, 6) is -1.71. The van der Waals surface area contributed by atoms with Crippen molar-refractivity contribution in [3.63, 3.8) is 0 Å². The largest absolute Gasteiger partial charge is 0.480 e. The summed E-state index contributed by atoms with van der Waals surface area (Å²) in [6, 6.07) is 15.0. The lowest BCUT2D eigenvalue weighted by Crippen LogP contribution is -2.44. The van der Waals surface area contributed by atoms with Crippen molar-refractivity contribution in [2.24, 2.45) is 5.41 Å². The highest BCUT2D eigenvalue weighted by atomic mass is 16.5. The summed E-state index contributed by atoms with van der Waals surface area (Å²) in [6.07, 6.45) is -0.639. The van der Waals surface area contributed by atoms with Gasteiger partial charge < -0.3 is 25.6 Å². The van der Waals surface area contributed by atoms with Gasteiger partial charge >= 0.3 is 12.1 Å². The molecular weight excluding hydrogens is 424 g/mol. The van der Waals surface area contributed by atoms with Crippen LogP contribution in [0.1, 0.15) is 43.7 Å². The van der Waals surface area contributed by atoms with E-state index in [0.29, 0.717) is 0 Å². The first kappa shape index (κ1) is 24.3. The van der Waals surface area contributed by atoms with Gasteiger partial charge in [-0.25, -0.2) is 9.59 Å². The molecule has 1 aliphatic rings. The molecule has 0 saturated carbocycles. The fraction of sp³-hybridized carbons (Fsp3) is 0.400. The fourth-order valence-electron chi connectivity index (χ4n) is 4.09. The van der Waals surface area contributed by atoms with Crippen LogP contribution >= 0.6 is 0 Å². The van der Waals surface area contributed by atoms with Gasteiger partial charge in [-0.1, -0.05) is 62.4 Å². The molecule has 0 unspecified atom stereocenters. The Labute approximate surface area is 193 Å². The van der Waals surface area contributed by atoms with Crippen molar-refractivity contribution in [3.05, 3.63) is 59.7 Å². The van der Waals surface area contributed by atoms with Crippen molar-refractivity contribution in [1.82, 2.24) is 10.6 Å². The van der Waals surface area contributed by atoms with Crippen LogP contribution in [-0.4, -0.2) is 54.0 Å². The van der Waals surface area contributed by atoms with Crippen molar-refractivity contribution >= 4 is 18.0 Å². The van der Waals surface area contributed by atoms with Crippen LogP contribution in [0.2, 0.25) is 0 Å². The number of carboxylic acids is 1. The Morgan fingerprint density at radius 1 is 1.03 bits per heavy atom. The molecule has 0 radical (unpaired) electrons. The van der Waals surface area contributed by atoms with Crippen LogP contribution in [0.25, 0.3) is 11.1 Å². The quantitative estimate of drug-likeness (QED) is 0.438. The zero-order valence-electron chi connectivity index (χ0n) is 18.8. The molecule has 1 atom stereocenters. The molecule has 4 N–H and O–H groups in total. The second-order valence-electron chi connectivity index (χ2n) is 8.99. The van der Waals surface area contributed by atoms with Crippen molar-refractivity contribution in [1.29, 1.82) is 0 Å². The molecule has 0 saturated heterocycles. The summed E-state index contributed by atoms with van der Waals surface area (Å²) in [6.45, 7) is 3.61. The topological polar surface area (TPSA) is 125 Å². The maximum absolute atomic E-state index is 12.4. The third kappa shape index (κ3) is 6.10. The lowest BCUT2D eigenvalue weighted by Gasteiger charge is -2.25. The van der Waals surface area contributed by atoms with E-state index in [-0.39, 0.29) is 38.5 Å². The number of nitrogens with one attached hydrogen (secondary N) is 2. The number of carbonyl (C=O) groups excluding carboxylic acids is 2. The molecule has 0 fully saturated rings. The molecule has 0 aromatic heterocycles. The van der Waals surface area contributed by atoms with Crippen molar-refractivity contribution in [3.8, 4) is 11.1 Å². The number of amides is 2. The highest BCUT2D eigenvalue weighted by Crippen LogP contribution is 2.44. The Bertz CT molecular complexity index is 974. The van der Waals surface area contributed by atoms with Crippen LogP contribution in [0.15, 0.2) is 48.5 Å². The van der Waals surface area contributed by atoms with Gasteiger partial charge in [-0.05, 0) is 27.7 Å². The van der Waals surface area contributed by atoms with E-state index in [0.717, 1.165) is 22.3 Å². The maximum atomic E-state index is 12.4. The number of alkyl carbamates (subject to hydrolysis) is 1. The van der Waals surface area contributed by atoms with Crippen molar-refractivity contribution in [2.75, 3.05) is 19.8 Å². The van der Waals surface area contributed by atoms with Crippen LogP contribution in [0.5, 0.6) is 0 Å². The molecule has 2 aromatic rings. The number of aliphatic hydroxyl groups is 1. The summed E-state index contributed by atoms with van der Waals surface area (Å²) in [5.41, 5.74) is 3.92.